The van der Waals surface area contributed by atoms with Crippen molar-refractivity contribution < 1.29 is 19.4 Å². The van der Waals surface area contributed by atoms with Gasteiger partial charge in [-0.1, -0.05) is 77.6 Å². The summed E-state index contributed by atoms with van der Waals surface area (Å²) in [7, 11) is 0. The van der Waals surface area contributed by atoms with Crippen LogP contribution in [0.3, 0.4) is 0 Å². The Labute approximate surface area is 183 Å². The first-order valence-corrected chi connectivity index (χ1v) is 9.71. The van der Waals surface area contributed by atoms with Crippen molar-refractivity contribution in [3.8, 4) is 0 Å². The summed E-state index contributed by atoms with van der Waals surface area (Å²) in [5.41, 5.74) is 0. The average molecular weight is 380 g/mol. The number of carbonyl (C=O) groups excluding carboxylic acids is 2. The van der Waals surface area contributed by atoms with Gasteiger partial charge in [-0.2, -0.15) is 0 Å². The van der Waals surface area contributed by atoms with Crippen molar-refractivity contribution >= 4 is 49.7 Å². The van der Waals surface area contributed by atoms with E-state index < -0.39 is 11.9 Å². The molecule has 0 amide bonds. The molecule has 5 heteroatoms. The molecule has 0 saturated heterocycles. The maximum atomic E-state index is 11.1. The number of carboxylic acids is 1. The zero-order chi connectivity index (χ0) is 17.9. The molecule has 0 atom stereocenters. The number of carboxylic acid groups (broad SMARTS) is 1. The van der Waals surface area contributed by atoms with E-state index in [1.807, 2.05) is 6.08 Å². The van der Waals surface area contributed by atoms with Crippen molar-refractivity contribution in [3.63, 3.8) is 0 Å². The Hall–Kier alpha value is -0.0603. The Morgan fingerprint density at radius 1 is 0.800 bits per heavy atom. The van der Waals surface area contributed by atoms with Gasteiger partial charge < -0.3 is 14.6 Å². The van der Waals surface area contributed by atoms with Crippen molar-refractivity contribution in [1.29, 1.82) is 0 Å². The molecule has 0 bridgehead atoms. The van der Waals surface area contributed by atoms with E-state index in [9.17, 15) is 14.7 Å². The minimum atomic E-state index is -1.23. The Morgan fingerprint density at radius 2 is 1.28 bits per heavy atom. The first kappa shape index (κ1) is 27.2. The Balaban J connectivity index is 0. The third-order valence-corrected chi connectivity index (χ3v) is 4.05. The predicted molar refractivity (Wildman–Crippen MR) is 101 cm³/mol. The second kappa shape index (κ2) is 22.0. The first-order valence-electron chi connectivity index (χ1n) is 9.71. The minimum Gasteiger partial charge on any atom is -0.550 e. The van der Waals surface area contributed by atoms with E-state index in [2.05, 4.69) is 6.92 Å². The number of unbranched alkanes of at least 4 members (excludes halogenated alkanes) is 12. The van der Waals surface area contributed by atoms with Crippen LogP contribution in [0.2, 0.25) is 0 Å². The topological polar surface area (TPSA) is 66.4 Å². The molecule has 0 heterocycles. The quantitative estimate of drug-likeness (QED) is 0.164. The van der Waals surface area contributed by atoms with Gasteiger partial charge in [0.2, 0.25) is 0 Å². The zero-order valence-corrected chi connectivity index (χ0v) is 18.3. The minimum absolute atomic E-state index is 0. The third kappa shape index (κ3) is 23.9. The molecule has 0 spiro atoms. The monoisotopic (exact) mass is 379 g/mol. The summed E-state index contributed by atoms with van der Waals surface area (Å²) >= 11 is 0. The summed E-state index contributed by atoms with van der Waals surface area (Å²) in [5.74, 6) is -1.75. The molecule has 0 aromatic rings. The number of allylic oxidation sites excluding steroid dienone is 1. The molecule has 0 unspecified atom stereocenters. The van der Waals surface area contributed by atoms with Crippen LogP contribution in [0.4, 0.5) is 0 Å². The van der Waals surface area contributed by atoms with E-state index in [4.69, 9.17) is 4.74 Å². The number of rotatable bonds is 17. The first-order chi connectivity index (χ1) is 11.7. The molecule has 0 fully saturated rings. The van der Waals surface area contributed by atoms with Crippen molar-refractivity contribution in [3.05, 3.63) is 12.3 Å². The molecule has 25 heavy (non-hydrogen) atoms. The molecular weight excluding hydrogens is 344 g/mol. The molecule has 0 radical (unpaired) electrons. The summed E-state index contributed by atoms with van der Waals surface area (Å²) in [4.78, 5) is 21.3. The number of hydrogen-bond donors (Lipinski definition) is 0. The molecule has 4 nitrogen and oxygen atoms in total. The van der Waals surface area contributed by atoms with Crippen LogP contribution in [0.1, 0.15) is 103 Å². The van der Waals surface area contributed by atoms with Crippen molar-refractivity contribution in [2.75, 3.05) is 0 Å². The molecule has 0 aromatic heterocycles. The molecule has 0 rings (SSSR count). The molecular formula is C20H35CaO4+. The second-order valence-electron chi connectivity index (χ2n) is 6.41. The van der Waals surface area contributed by atoms with Crippen LogP contribution in [0.5, 0.6) is 0 Å². The van der Waals surface area contributed by atoms with Gasteiger partial charge in [0, 0.05) is 5.97 Å². The average Bonchev–Trinajstić information content (AvgIpc) is 2.56. The number of carbonyl (C=O) groups is 2. The van der Waals surface area contributed by atoms with Crippen LogP contribution in [-0.4, -0.2) is 49.7 Å². The van der Waals surface area contributed by atoms with E-state index in [1.165, 1.54) is 76.9 Å². The van der Waals surface area contributed by atoms with E-state index in [0.717, 1.165) is 12.8 Å². The number of esters is 1. The summed E-state index contributed by atoms with van der Waals surface area (Å²) in [6.07, 6.45) is 19.6. The van der Waals surface area contributed by atoms with Gasteiger partial charge in [-0.3, -0.25) is 4.79 Å². The maximum Gasteiger partial charge on any atom is 2.00 e. The molecule has 0 aliphatic rings. The van der Waals surface area contributed by atoms with Gasteiger partial charge in [0.25, 0.3) is 0 Å². The molecule has 0 N–H and O–H groups in total. The van der Waals surface area contributed by atoms with Crippen LogP contribution in [0.15, 0.2) is 12.3 Å². The van der Waals surface area contributed by atoms with Crippen LogP contribution in [0, 0.1) is 0 Å². The van der Waals surface area contributed by atoms with Gasteiger partial charge in [-0.05, 0) is 25.3 Å². The molecule has 0 aromatic carbocycles. The summed E-state index contributed by atoms with van der Waals surface area (Å²) < 4.78 is 4.79. The number of aliphatic carboxylic acids is 1. The summed E-state index contributed by atoms with van der Waals surface area (Å²) in [5, 5.41) is 10.2. The van der Waals surface area contributed by atoms with Gasteiger partial charge in [0.15, 0.2) is 0 Å². The van der Waals surface area contributed by atoms with Gasteiger partial charge in [-0.15, -0.1) is 0 Å². The van der Waals surface area contributed by atoms with Crippen molar-refractivity contribution in [1.82, 2.24) is 0 Å². The van der Waals surface area contributed by atoms with Crippen LogP contribution < -0.4 is 5.11 Å². The van der Waals surface area contributed by atoms with Crippen molar-refractivity contribution in [2.45, 2.75) is 103 Å². The van der Waals surface area contributed by atoms with Crippen molar-refractivity contribution in [2.24, 2.45) is 0 Å². The normalized spacial score (nSPS) is 10.6. The van der Waals surface area contributed by atoms with Crippen LogP contribution in [-0.2, 0) is 14.3 Å². The fourth-order valence-corrected chi connectivity index (χ4v) is 2.56. The second-order valence-corrected chi connectivity index (χ2v) is 6.41. The number of ether oxygens (including phenoxy) is 1. The smallest absolute Gasteiger partial charge is 0.550 e. The Bertz CT molecular complexity index is 343. The van der Waals surface area contributed by atoms with Gasteiger partial charge >= 0.3 is 43.7 Å². The van der Waals surface area contributed by atoms with Crippen LogP contribution in [0.25, 0.3) is 0 Å². The van der Waals surface area contributed by atoms with Gasteiger partial charge in [0.1, 0.15) is 0 Å². The standard InChI is InChI=1S/C20H36O4.Ca/c1-2-3-4-5-6-7-8-9-10-11-12-13-14-15-18-24-20(23)17-16-19(21)22;/h15,18H,2-14,16-17H2,1H3,(H,21,22);/q;+2/p-1/b18-15+;. The third-order valence-electron chi connectivity index (χ3n) is 4.05. The van der Waals surface area contributed by atoms with E-state index >= 15 is 0 Å². The Morgan fingerprint density at radius 3 is 1.76 bits per heavy atom. The SMILES string of the molecule is CCCCCCCCCCCCCC/C=C/OC(=O)CCC(=O)[O-].[Ca+2]. The zero-order valence-electron chi connectivity index (χ0n) is 16.1. The van der Waals surface area contributed by atoms with E-state index in [0.29, 0.717) is 0 Å². The van der Waals surface area contributed by atoms with Gasteiger partial charge in [0.05, 0.1) is 12.7 Å². The molecule has 140 valence electrons. The molecule has 0 aliphatic heterocycles. The fraction of sp³-hybridized carbons (Fsp3) is 0.800. The maximum absolute atomic E-state index is 11.1. The van der Waals surface area contributed by atoms with E-state index in [1.54, 1.807) is 0 Å². The molecule has 0 saturated carbocycles. The van der Waals surface area contributed by atoms with E-state index in [-0.39, 0.29) is 50.6 Å². The summed E-state index contributed by atoms with van der Waals surface area (Å²) in [6, 6.07) is 0. The largest absolute Gasteiger partial charge is 2.00 e. The molecule has 0 aliphatic carbocycles. The van der Waals surface area contributed by atoms with Gasteiger partial charge in [-0.25, -0.2) is 0 Å². The fourth-order valence-electron chi connectivity index (χ4n) is 2.56. The van der Waals surface area contributed by atoms with Crippen LogP contribution >= 0.6 is 0 Å². The Kier molecular flexibility index (Phi) is 23.9. The number of hydrogen-bond acceptors (Lipinski definition) is 4. The summed E-state index contributed by atoms with van der Waals surface area (Å²) in [6.45, 7) is 2.25. The predicted octanol–water partition coefficient (Wildman–Crippen LogP) is 4.28.